The first-order chi connectivity index (χ1) is 9.28. The zero-order valence-electron chi connectivity index (χ0n) is 10.3. The molecule has 0 amide bonds. The Kier molecular flexibility index (Phi) is 3.36. The lowest BCUT2D eigenvalue weighted by Gasteiger charge is -1.99. The van der Waals surface area contributed by atoms with E-state index in [2.05, 4.69) is 33.0 Å². The Bertz CT molecular complexity index is 704. The molecule has 0 aliphatic carbocycles. The molecular weight excluding hydrogens is 304 g/mol. The summed E-state index contributed by atoms with van der Waals surface area (Å²) in [6.07, 6.45) is 0.888. The molecule has 0 aliphatic heterocycles. The molecule has 3 rings (SSSR count). The van der Waals surface area contributed by atoms with Crippen LogP contribution in [0, 0.1) is 0 Å². The molecule has 0 saturated heterocycles. The molecule has 3 nitrogen and oxygen atoms in total. The number of hydrogen-bond donors (Lipinski definition) is 1. The molecule has 19 heavy (non-hydrogen) atoms. The minimum absolute atomic E-state index is 0.640. The standard InChI is InChI=1S/C15H13BrN2O/c16-12-2-1-3-13-14(12)19-15(18-13)11-6-4-10(5-7-11)8-9-17/h1-7H,8-9,17H2. The van der Waals surface area contributed by atoms with Crippen molar-refractivity contribution < 1.29 is 4.42 Å². The van der Waals surface area contributed by atoms with Crippen LogP contribution < -0.4 is 5.73 Å². The van der Waals surface area contributed by atoms with Crippen LogP contribution in [0.4, 0.5) is 0 Å². The highest BCUT2D eigenvalue weighted by Crippen LogP contribution is 2.29. The van der Waals surface area contributed by atoms with Crippen molar-refractivity contribution in [3.8, 4) is 11.5 Å². The monoisotopic (exact) mass is 316 g/mol. The van der Waals surface area contributed by atoms with Gasteiger partial charge in [0, 0.05) is 5.56 Å². The van der Waals surface area contributed by atoms with Crippen LogP contribution in [0.2, 0.25) is 0 Å². The van der Waals surface area contributed by atoms with Crippen LogP contribution in [0.15, 0.2) is 51.4 Å². The summed E-state index contributed by atoms with van der Waals surface area (Å²) in [5.41, 5.74) is 9.38. The maximum Gasteiger partial charge on any atom is 0.227 e. The van der Waals surface area contributed by atoms with E-state index in [0.717, 1.165) is 27.6 Å². The highest BCUT2D eigenvalue weighted by molar-refractivity contribution is 9.10. The molecule has 1 aromatic heterocycles. The van der Waals surface area contributed by atoms with E-state index in [1.807, 2.05) is 30.3 Å². The van der Waals surface area contributed by atoms with Crippen LogP contribution >= 0.6 is 15.9 Å². The number of para-hydroxylation sites is 1. The maximum absolute atomic E-state index is 5.80. The van der Waals surface area contributed by atoms with Crippen LogP contribution in [-0.2, 0) is 6.42 Å². The summed E-state index contributed by atoms with van der Waals surface area (Å²) in [4.78, 5) is 4.50. The van der Waals surface area contributed by atoms with Crippen molar-refractivity contribution in [3.05, 3.63) is 52.5 Å². The second-order valence-electron chi connectivity index (χ2n) is 4.34. The minimum Gasteiger partial charge on any atom is -0.435 e. The van der Waals surface area contributed by atoms with Crippen LogP contribution in [0.5, 0.6) is 0 Å². The van der Waals surface area contributed by atoms with E-state index in [9.17, 15) is 0 Å². The fourth-order valence-corrected chi connectivity index (χ4v) is 2.46. The highest BCUT2D eigenvalue weighted by Gasteiger charge is 2.10. The van der Waals surface area contributed by atoms with Gasteiger partial charge in [-0.3, -0.25) is 0 Å². The van der Waals surface area contributed by atoms with E-state index in [1.54, 1.807) is 0 Å². The molecule has 0 spiro atoms. The molecule has 4 heteroatoms. The Labute approximate surface area is 119 Å². The van der Waals surface area contributed by atoms with Gasteiger partial charge in [-0.25, -0.2) is 4.98 Å². The summed E-state index contributed by atoms with van der Waals surface area (Å²) in [5.74, 6) is 0.640. The van der Waals surface area contributed by atoms with Crippen LogP contribution in [0.25, 0.3) is 22.6 Å². The predicted octanol–water partition coefficient (Wildman–Crippen LogP) is 3.76. The molecule has 96 valence electrons. The van der Waals surface area contributed by atoms with Gasteiger partial charge in [-0.15, -0.1) is 0 Å². The third kappa shape index (κ3) is 2.41. The van der Waals surface area contributed by atoms with Crippen LogP contribution in [0.1, 0.15) is 5.56 Å². The van der Waals surface area contributed by atoms with Crippen LogP contribution in [0.3, 0.4) is 0 Å². The first-order valence-electron chi connectivity index (χ1n) is 6.12. The summed E-state index contributed by atoms with van der Waals surface area (Å²) in [7, 11) is 0. The molecule has 2 aromatic carbocycles. The molecular formula is C15H13BrN2O. The molecule has 1 heterocycles. The molecule has 0 saturated carbocycles. The average molecular weight is 317 g/mol. The lowest BCUT2D eigenvalue weighted by molar-refractivity contribution is 0.618. The summed E-state index contributed by atoms with van der Waals surface area (Å²) in [5, 5.41) is 0. The van der Waals surface area contributed by atoms with Crippen molar-refractivity contribution >= 4 is 27.0 Å². The average Bonchev–Trinajstić information content (AvgIpc) is 2.85. The molecule has 0 fully saturated rings. The fourth-order valence-electron chi connectivity index (χ4n) is 2.02. The largest absolute Gasteiger partial charge is 0.435 e. The molecule has 0 bridgehead atoms. The second kappa shape index (κ2) is 5.15. The number of benzene rings is 2. The quantitative estimate of drug-likeness (QED) is 0.800. The van der Waals surface area contributed by atoms with Gasteiger partial charge >= 0.3 is 0 Å². The number of nitrogens with two attached hydrogens (primary N) is 1. The molecule has 0 unspecified atom stereocenters. The highest BCUT2D eigenvalue weighted by atomic mass is 79.9. The Balaban J connectivity index is 2.01. The van der Waals surface area contributed by atoms with Gasteiger partial charge in [0.1, 0.15) is 5.52 Å². The van der Waals surface area contributed by atoms with Crippen molar-refractivity contribution in [2.24, 2.45) is 5.73 Å². The zero-order valence-corrected chi connectivity index (χ0v) is 11.9. The van der Waals surface area contributed by atoms with Crippen molar-refractivity contribution in [2.45, 2.75) is 6.42 Å². The minimum atomic E-state index is 0.640. The Morgan fingerprint density at radius 2 is 1.89 bits per heavy atom. The Morgan fingerprint density at radius 1 is 1.11 bits per heavy atom. The molecule has 2 N–H and O–H groups in total. The van der Waals surface area contributed by atoms with Gasteiger partial charge in [0.05, 0.1) is 4.47 Å². The van der Waals surface area contributed by atoms with Gasteiger partial charge in [-0.2, -0.15) is 0 Å². The Hall–Kier alpha value is -1.65. The van der Waals surface area contributed by atoms with E-state index in [4.69, 9.17) is 10.2 Å². The number of hydrogen-bond acceptors (Lipinski definition) is 3. The van der Waals surface area contributed by atoms with Gasteiger partial charge < -0.3 is 10.2 Å². The molecule has 0 radical (unpaired) electrons. The van der Waals surface area contributed by atoms with E-state index < -0.39 is 0 Å². The van der Waals surface area contributed by atoms with Crippen LogP contribution in [-0.4, -0.2) is 11.5 Å². The smallest absolute Gasteiger partial charge is 0.227 e. The lowest BCUT2D eigenvalue weighted by Crippen LogP contribution is -2.02. The first-order valence-corrected chi connectivity index (χ1v) is 6.91. The zero-order chi connectivity index (χ0) is 13.2. The van der Waals surface area contributed by atoms with Crippen molar-refractivity contribution in [3.63, 3.8) is 0 Å². The topological polar surface area (TPSA) is 52.0 Å². The number of oxazole rings is 1. The van der Waals surface area contributed by atoms with Gasteiger partial charge in [-0.05, 0) is 58.7 Å². The lowest BCUT2D eigenvalue weighted by atomic mass is 10.1. The number of nitrogens with zero attached hydrogens (tertiary/aromatic N) is 1. The van der Waals surface area contributed by atoms with E-state index >= 15 is 0 Å². The predicted molar refractivity (Wildman–Crippen MR) is 79.9 cm³/mol. The van der Waals surface area contributed by atoms with Gasteiger partial charge in [0.2, 0.25) is 5.89 Å². The van der Waals surface area contributed by atoms with Crippen molar-refractivity contribution in [1.82, 2.24) is 4.98 Å². The van der Waals surface area contributed by atoms with Crippen molar-refractivity contribution in [1.29, 1.82) is 0 Å². The molecule has 0 aliphatic rings. The third-order valence-corrected chi connectivity index (χ3v) is 3.63. The normalized spacial score (nSPS) is 11.1. The Morgan fingerprint density at radius 3 is 2.58 bits per heavy atom. The third-order valence-electron chi connectivity index (χ3n) is 3.00. The summed E-state index contributed by atoms with van der Waals surface area (Å²) in [6, 6.07) is 14.0. The van der Waals surface area contributed by atoms with Gasteiger partial charge in [0.15, 0.2) is 5.58 Å². The number of halogens is 1. The number of rotatable bonds is 3. The first kappa shape index (κ1) is 12.4. The summed E-state index contributed by atoms with van der Waals surface area (Å²) >= 11 is 3.47. The molecule has 0 atom stereocenters. The van der Waals surface area contributed by atoms with E-state index in [0.29, 0.717) is 12.4 Å². The van der Waals surface area contributed by atoms with Gasteiger partial charge in [-0.1, -0.05) is 18.2 Å². The van der Waals surface area contributed by atoms with E-state index in [-0.39, 0.29) is 0 Å². The van der Waals surface area contributed by atoms with E-state index in [1.165, 1.54) is 5.56 Å². The number of aromatic nitrogens is 1. The molecule has 3 aromatic rings. The summed E-state index contributed by atoms with van der Waals surface area (Å²) < 4.78 is 6.72. The summed E-state index contributed by atoms with van der Waals surface area (Å²) in [6.45, 7) is 0.662. The fraction of sp³-hybridized carbons (Fsp3) is 0.133. The SMILES string of the molecule is NCCc1ccc(-c2nc3cccc(Br)c3o2)cc1. The maximum atomic E-state index is 5.80. The van der Waals surface area contributed by atoms with Gasteiger partial charge in [0.25, 0.3) is 0 Å². The number of fused-ring (bicyclic) bond motifs is 1. The van der Waals surface area contributed by atoms with Crippen molar-refractivity contribution in [2.75, 3.05) is 6.54 Å². The second-order valence-corrected chi connectivity index (χ2v) is 5.20.